The summed E-state index contributed by atoms with van der Waals surface area (Å²) in [5, 5.41) is 9.69. The van der Waals surface area contributed by atoms with Gasteiger partial charge in [0.15, 0.2) is 0 Å². The van der Waals surface area contributed by atoms with Gasteiger partial charge in [0.1, 0.15) is 0 Å². The van der Waals surface area contributed by atoms with Gasteiger partial charge >= 0.3 is 5.97 Å². The summed E-state index contributed by atoms with van der Waals surface area (Å²) in [6.07, 6.45) is 0.439. The number of carbonyl (C=O) groups is 2. The second-order valence-corrected chi connectivity index (χ2v) is 7.21. The van der Waals surface area contributed by atoms with Crippen LogP contribution in [0.15, 0.2) is 42.5 Å². The van der Waals surface area contributed by atoms with Gasteiger partial charge in [-0.2, -0.15) is 0 Å². The zero-order valence-corrected chi connectivity index (χ0v) is 15.5. The third-order valence-electron chi connectivity index (χ3n) is 4.71. The number of hydrogen-bond acceptors (Lipinski definition) is 3. The topological polar surface area (TPSA) is 60.9 Å². The number of hydrogen-bond donors (Lipinski definition) is 1. The molecule has 0 saturated carbocycles. The Kier molecular flexibility index (Phi) is 5.18. The van der Waals surface area contributed by atoms with E-state index in [1.807, 2.05) is 30.3 Å². The van der Waals surface area contributed by atoms with E-state index >= 15 is 0 Å². The van der Waals surface area contributed by atoms with Gasteiger partial charge in [-0.1, -0.05) is 23.7 Å². The summed E-state index contributed by atoms with van der Waals surface area (Å²) in [5.74, 6) is -0.745. The Bertz CT molecular complexity index is 833. The molecule has 1 aliphatic heterocycles. The zero-order chi connectivity index (χ0) is 18.8. The molecule has 1 amide bonds. The van der Waals surface area contributed by atoms with Crippen LogP contribution in [0.3, 0.4) is 0 Å². The number of halogens is 1. The maximum Gasteiger partial charge on any atom is 0.335 e. The van der Waals surface area contributed by atoms with Gasteiger partial charge in [0, 0.05) is 50.2 Å². The molecular formula is C20H21ClN2O3. The van der Waals surface area contributed by atoms with Crippen molar-refractivity contribution in [3.05, 3.63) is 64.2 Å². The maximum absolute atomic E-state index is 12.2. The SMILES string of the molecule is CN(C)C(=O)CC1CN(Cc2ccc(C(=O)O)cc2)c2ccc(Cl)cc21. The molecule has 0 saturated heterocycles. The number of carbonyl (C=O) groups excluding carboxylic acids is 1. The van der Waals surface area contributed by atoms with Crippen LogP contribution in [0, 0.1) is 0 Å². The number of anilines is 1. The van der Waals surface area contributed by atoms with E-state index in [9.17, 15) is 9.59 Å². The number of rotatable bonds is 5. The highest BCUT2D eigenvalue weighted by atomic mass is 35.5. The second kappa shape index (κ2) is 7.38. The summed E-state index contributed by atoms with van der Waals surface area (Å²) in [6, 6.07) is 12.7. The fraction of sp³-hybridized carbons (Fsp3) is 0.300. The highest BCUT2D eigenvalue weighted by molar-refractivity contribution is 6.30. The minimum atomic E-state index is -0.931. The van der Waals surface area contributed by atoms with Gasteiger partial charge < -0.3 is 14.9 Å². The number of carboxylic acids is 1. The van der Waals surface area contributed by atoms with E-state index in [0.29, 0.717) is 18.0 Å². The summed E-state index contributed by atoms with van der Waals surface area (Å²) >= 11 is 6.17. The predicted molar refractivity (Wildman–Crippen MR) is 102 cm³/mol. The largest absolute Gasteiger partial charge is 0.478 e. The highest BCUT2D eigenvalue weighted by Crippen LogP contribution is 2.40. The van der Waals surface area contributed by atoms with Gasteiger partial charge in [0.05, 0.1) is 5.56 Å². The summed E-state index contributed by atoms with van der Waals surface area (Å²) in [6.45, 7) is 1.39. The van der Waals surface area contributed by atoms with E-state index in [0.717, 1.165) is 23.4 Å². The number of carboxylic acid groups (broad SMARTS) is 1. The smallest absolute Gasteiger partial charge is 0.335 e. The lowest BCUT2D eigenvalue weighted by Crippen LogP contribution is -2.26. The van der Waals surface area contributed by atoms with Crippen LogP contribution in [0.1, 0.15) is 33.8 Å². The fourth-order valence-electron chi connectivity index (χ4n) is 3.29. The van der Waals surface area contributed by atoms with Crippen LogP contribution in [-0.2, 0) is 11.3 Å². The quantitative estimate of drug-likeness (QED) is 0.870. The average molecular weight is 373 g/mol. The van der Waals surface area contributed by atoms with Crippen molar-refractivity contribution in [2.45, 2.75) is 18.9 Å². The molecule has 3 rings (SSSR count). The van der Waals surface area contributed by atoms with Gasteiger partial charge in [-0.3, -0.25) is 4.79 Å². The first-order valence-electron chi connectivity index (χ1n) is 8.42. The van der Waals surface area contributed by atoms with Crippen molar-refractivity contribution < 1.29 is 14.7 Å². The van der Waals surface area contributed by atoms with Crippen LogP contribution in [-0.4, -0.2) is 42.5 Å². The van der Waals surface area contributed by atoms with Crippen molar-refractivity contribution in [2.24, 2.45) is 0 Å². The van der Waals surface area contributed by atoms with Crippen molar-refractivity contribution in [2.75, 3.05) is 25.5 Å². The van der Waals surface area contributed by atoms with Crippen molar-refractivity contribution in [1.82, 2.24) is 4.90 Å². The summed E-state index contributed by atoms with van der Waals surface area (Å²) < 4.78 is 0. The second-order valence-electron chi connectivity index (χ2n) is 6.77. The Balaban J connectivity index is 1.82. The molecule has 5 nitrogen and oxygen atoms in total. The molecule has 0 bridgehead atoms. The third-order valence-corrected chi connectivity index (χ3v) is 4.94. The molecule has 2 aromatic carbocycles. The standard InChI is InChI=1S/C20H21ClN2O3/c1-22(2)19(24)9-15-12-23(18-8-7-16(21)10-17(15)18)11-13-3-5-14(6-4-13)20(25)26/h3-8,10,15H,9,11-12H2,1-2H3,(H,25,26). The normalized spacial score (nSPS) is 15.7. The van der Waals surface area contributed by atoms with Gasteiger partial charge in [0.25, 0.3) is 0 Å². The molecule has 26 heavy (non-hydrogen) atoms. The van der Waals surface area contributed by atoms with Crippen molar-refractivity contribution in [1.29, 1.82) is 0 Å². The first-order valence-corrected chi connectivity index (χ1v) is 8.79. The molecule has 2 aromatic rings. The van der Waals surface area contributed by atoms with E-state index in [2.05, 4.69) is 4.90 Å². The number of fused-ring (bicyclic) bond motifs is 1. The van der Waals surface area contributed by atoms with Crippen LogP contribution in [0.25, 0.3) is 0 Å². The van der Waals surface area contributed by atoms with Crippen LogP contribution in [0.4, 0.5) is 5.69 Å². The molecule has 0 aliphatic carbocycles. The molecule has 1 aliphatic rings. The predicted octanol–water partition coefficient (Wildman–Crippen LogP) is 3.62. The molecule has 1 N–H and O–H groups in total. The van der Waals surface area contributed by atoms with Crippen molar-refractivity contribution in [3.63, 3.8) is 0 Å². The van der Waals surface area contributed by atoms with Crippen LogP contribution < -0.4 is 4.90 Å². The average Bonchev–Trinajstić information content (AvgIpc) is 2.92. The summed E-state index contributed by atoms with van der Waals surface area (Å²) in [4.78, 5) is 27.0. The van der Waals surface area contributed by atoms with E-state index in [1.165, 1.54) is 0 Å². The molecule has 1 atom stereocenters. The van der Waals surface area contributed by atoms with E-state index in [1.54, 1.807) is 31.1 Å². The fourth-order valence-corrected chi connectivity index (χ4v) is 3.47. The third kappa shape index (κ3) is 3.83. The Hall–Kier alpha value is -2.53. The number of nitrogens with zero attached hydrogens (tertiary/aromatic N) is 2. The minimum Gasteiger partial charge on any atom is -0.478 e. The lowest BCUT2D eigenvalue weighted by molar-refractivity contribution is -0.129. The molecule has 1 heterocycles. The molecule has 0 spiro atoms. The number of benzene rings is 2. The summed E-state index contributed by atoms with van der Waals surface area (Å²) in [5.41, 5.74) is 3.47. The first-order chi connectivity index (χ1) is 12.3. The molecule has 1 unspecified atom stereocenters. The van der Waals surface area contributed by atoms with E-state index in [-0.39, 0.29) is 17.4 Å². The van der Waals surface area contributed by atoms with Crippen molar-refractivity contribution in [3.8, 4) is 0 Å². The lowest BCUT2D eigenvalue weighted by atomic mass is 9.97. The lowest BCUT2D eigenvalue weighted by Gasteiger charge is -2.20. The molecular weight excluding hydrogens is 352 g/mol. The van der Waals surface area contributed by atoms with E-state index in [4.69, 9.17) is 16.7 Å². The number of amides is 1. The van der Waals surface area contributed by atoms with Crippen molar-refractivity contribution >= 4 is 29.2 Å². The first kappa shape index (κ1) is 18.3. The maximum atomic E-state index is 12.2. The van der Waals surface area contributed by atoms with Crippen LogP contribution >= 0.6 is 11.6 Å². The van der Waals surface area contributed by atoms with E-state index < -0.39 is 5.97 Å². The molecule has 0 aromatic heterocycles. The van der Waals surface area contributed by atoms with Crippen LogP contribution in [0.5, 0.6) is 0 Å². The zero-order valence-electron chi connectivity index (χ0n) is 14.8. The number of aromatic carboxylic acids is 1. The minimum absolute atomic E-state index is 0.0913. The van der Waals surface area contributed by atoms with Gasteiger partial charge in [-0.25, -0.2) is 4.79 Å². The molecule has 136 valence electrons. The Morgan fingerprint density at radius 3 is 2.50 bits per heavy atom. The Morgan fingerprint density at radius 1 is 1.19 bits per heavy atom. The van der Waals surface area contributed by atoms with Gasteiger partial charge in [-0.05, 0) is 41.5 Å². The molecule has 0 radical (unpaired) electrons. The Labute approximate surface area is 157 Å². The van der Waals surface area contributed by atoms with Gasteiger partial charge in [-0.15, -0.1) is 0 Å². The Morgan fingerprint density at radius 2 is 1.88 bits per heavy atom. The summed E-state index contributed by atoms with van der Waals surface area (Å²) in [7, 11) is 3.52. The van der Waals surface area contributed by atoms with Gasteiger partial charge in [0.2, 0.25) is 5.91 Å². The van der Waals surface area contributed by atoms with Crippen LogP contribution in [0.2, 0.25) is 5.02 Å². The monoisotopic (exact) mass is 372 g/mol. The molecule has 6 heteroatoms. The molecule has 0 fully saturated rings. The highest BCUT2D eigenvalue weighted by Gasteiger charge is 2.30.